The monoisotopic (exact) mass is 348 g/mol. The standard InChI is InChI=1S/C17H21ClN4S/c1-23-17(19)21-11-4-12-22(16-5-2-3-10-20-16)13-14-6-8-15(18)9-7-14/h2-3,5-10H,4,11-13H2,1H3,(H2,19,21). The van der Waals surface area contributed by atoms with E-state index in [-0.39, 0.29) is 0 Å². The third-order valence-corrected chi connectivity index (χ3v) is 4.12. The largest absolute Gasteiger partial charge is 0.379 e. The van der Waals surface area contributed by atoms with Crippen LogP contribution in [0.2, 0.25) is 5.02 Å². The molecular formula is C17H21ClN4S. The van der Waals surface area contributed by atoms with Crippen LogP contribution in [0, 0.1) is 0 Å². The van der Waals surface area contributed by atoms with Crippen LogP contribution in [0.1, 0.15) is 12.0 Å². The Balaban J connectivity index is 2.02. The zero-order valence-electron chi connectivity index (χ0n) is 13.2. The second-order valence-corrected chi connectivity index (χ2v) is 6.28. The molecule has 1 aromatic heterocycles. The highest BCUT2D eigenvalue weighted by Gasteiger charge is 2.08. The first-order valence-corrected chi connectivity index (χ1v) is 9.03. The summed E-state index contributed by atoms with van der Waals surface area (Å²) in [6, 6.07) is 13.9. The Morgan fingerprint density at radius 3 is 2.70 bits per heavy atom. The van der Waals surface area contributed by atoms with Gasteiger partial charge < -0.3 is 10.6 Å². The molecule has 0 spiro atoms. The molecule has 2 aromatic rings. The Labute approximate surface area is 146 Å². The van der Waals surface area contributed by atoms with Crippen LogP contribution in [-0.4, -0.2) is 29.5 Å². The molecule has 1 heterocycles. The minimum Gasteiger partial charge on any atom is -0.379 e. The molecule has 6 heteroatoms. The predicted octanol–water partition coefficient (Wildman–Crippen LogP) is 3.81. The highest BCUT2D eigenvalue weighted by molar-refractivity contribution is 8.13. The summed E-state index contributed by atoms with van der Waals surface area (Å²) in [5, 5.41) is 1.38. The van der Waals surface area contributed by atoms with E-state index in [9.17, 15) is 0 Å². The second kappa shape index (κ2) is 9.43. The van der Waals surface area contributed by atoms with E-state index in [2.05, 4.69) is 14.9 Å². The molecule has 0 aliphatic carbocycles. The summed E-state index contributed by atoms with van der Waals surface area (Å²) in [7, 11) is 0. The number of rotatable bonds is 7. The number of aromatic nitrogens is 1. The van der Waals surface area contributed by atoms with Gasteiger partial charge in [-0.3, -0.25) is 4.99 Å². The number of halogens is 1. The van der Waals surface area contributed by atoms with Gasteiger partial charge in [-0.2, -0.15) is 0 Å². The van der Waals surface area contributed by atoms with Gasteiger partial charge in [0, 0.05) is 30.9 Å². The number of hydrogen-bond donors (Lipinski definition) is 1. The van der Waals surface area contributed by atoms with Gasteiger partial charge in [0.1, 0.15) is 5.82 Å². The maximum Gasteiger partial charge on any atom is 0.153 e. The van der Waals surface area contributed by atoms with E-state index in [1.54, 1.807) is 0 Å². The average Bonchev–Trinajstić information content (AvgIpc) is 2.59. The molecule has 23 heavy (non-hydrogen) atoms. The maximum atomic E-state index is 5.96. The van der Waals surface area contributed by atoms with Crippen LogP contribution < -0.4 is 10.6 Å². The fourth-order valence-electron chi connectivity index (χ4n) is 2.14. The lowest BCUT2D eigenvalue weighted by Crippen LogP contribution is -2.25. The second-order valence-electron chi connectivity index (χ2n) is 5.01. The Bertz CT molecular complexity index is 616. The summed E-state index contributed by atoms with van der Waals surface area (Å²) < 4.78 is 0. The number of pyridine rings is 1. The van der Waals surface area contributed by atoms with Crippen molar-refractivity contribution in [1.82, 2.24) is 4.98 Å². The van der Waals surface area contributed by atoms with Crippen molar-refractivity contribution in [3.8, 4) is 0 Å². The Kier molecular flexibility index (Phi) is 7.23. The minimum atomic E-state index is 0.632. The third-order valence-electron chi connectivity index (χ3n) is 3.32. The molecule has 0 amide bonds. The van der Waals surface area contributed by atoms with Crippen molar-refractivity contribution >= 4 is 34.3 Å². The molecule has 122 valence electrons. The molecule has 0 aliphatic heterocycles. The van der Waals surface area contributed by atoms with Crippen LogP contribution in [0.4, 0.5) is 5.82 Å². The van der Waals surface area contributed by atoms with Gasteiger partial charge in [0.15, 0.2) is 5.17 Å². The van der Waals surface area contributed by atoms with Gasteiger partial charge >= 0.3 is 0 Å². The highest BCUT2D eigenvalue weighted by atomic mass is 35.5. The van der Waals surface area contributed by atoms with Gasteiger partial charge in [-0.15, -0.1) is 0 Å². The van der Waals surface area contributed by atoms with E-state index < -0.39 is 0 Å². The molecule has 4 nitrogen and oxygen atoms in total. The van der Waals surface area contributed by atoms with Crippen molar-refractivity contribution < 1.29 is 0 Å². The predicted molar refractivity (Wildman–Crippen MR) is 101 cm³/mol. The lowest BCUT2D eigenvalue weighted by atomic mass is 10.2. The summed E-state index contributed by atoms with van der Waals surface area (Å²) in [6.07, 6.45) is 4.67. The summed E-state index contributed by atoms with van der Waals surface area (Å²) in [6.45, 7) is 2.37. The third kappa shape index (κ3) is 6.12. The topological polar surface area (TPSA) is 54.5 Å². The Morgan fingerprint density at radius 1 is 1.26 bits per heavy atom. The highest BCUT2D eigenvalue weighted by Crippen LogP contribution is 2.16. The summed E-state index contributed by atoms with van der Waals surface area (Å²) in [5.74, 6) is 0.962. The van der Waals surface area contributed by atoms with E-state index in [0.29, 0.717) is 5.17 Å². The first-order chi connectivity index (χ1) is 11.2. The van der Waals surface area contributed by atoms with E-state index in [4.69, 9.17) is 17.3 Å². The van der Waals surface area contributed by atoms with Crippen LogP contribution in [0.25, 0.3) is 0 Å². The van der Waals surface area contributed by atoms with Crippen molar-refractivity contribution in [2.24, 2.45) is 10.7 Å². The molecule has 0 saturated carbocycles. The number of hydrogen-bond acceptors (Lipinski definition) is 4. The molecule has 0 fully saturated rings. The van der Waals surface area contributed by atoms with E-state index in [0.717, 1.165) is 36.9 Å². The van der Waals surface area contributed by atoms with E-state index in [1.165, 1.54) is 17.3 Å². The number of amidine groups is 1. The van der Waals surface area contributed by atoms with Crippen LogP contribution in [0.5, 0.6) is 0 Å². The van der Waals surface area contributed by atoms with Gasteiger partial charge in [-0.05, 0) is 42.5 Å². The van der Waals surface area contributed by atoms with Gasteiger partial charge in [-0.1, -0.05) is 41.6 Å². The molecule has 0 aliphatic rings. The van der Waals surface area contributed by atoms with Crippen molar-refractivity contribution in [3.05, 3.63) is 59.2 Å². The first kappa shape index (κ1) is 17.6. The summed E-state index contributed by atoms with van der Waals surface area (Å²) in [5.41, 5.74) is 6.91. The van der Waals surface area contributed by atoms with Crippen LogP contribution in [0.15, 0.2) is 53.7 Å². The maximum absolute atomic E-state index is 5.96. The fraction of sp³-hybridized carbons (Fsp3) is 0.294. The molecule has 0 unspecified atom stereocenters. The first-order valence-electron chi connectivity index (χ1n) is 7.43. The average molecular weight is 349 g/mol. The quantitative estimate of drug-likeness (QED) is 0.469. The molecule has 0 bridgehead atoms. The van der Waals surface area contributed by atoms with Crippen molar-refractivity contribution in [2.45, 2.75) is 13.0 Å². The summed E-state index contributed by atoms with van der Waals surface area (Å²) in [4.78, 5) is 11.0. The van der Waals surface area contributed by atoms with Gasteiger partial charge in [0.25, 0.3) is 0 Å². The molecule has 0 radical (unpaired) electrons. The number of aliphatic imine (C=N–C) groups is 1. The van der Waals surface area contributed by atoms with Crippen molar-refractivity contribution in [1.29, 1.82) is 0 Å². The van der Waals surface area contributed by atoms with E-state index in [1.807, 2.05) is 54.9 Å². The zero-order chi connectivity index (χ0) is 16.5. The molecule has 0 atom stereocenters. The van der Waals surface area contributed by atoms with Gasteiger partial charge in [-0.25, -0.2) is 4.98 Å². The van der Waals surface area contributed by atoms with Crippen LogP contribution >= 0.6 is 23.4 Å². The normalized spacial score (nSPS) is 11.5. The smallest absolute Gasteiger partial charge is 0.153 e. The molecule has 1 aromatic carbocycles. The molecule has 2 rings (SSSR count). The molecule has 2 N–H and O–H groups in total. The number of thioether (sulfide) groups is 1. The Morgan fingerprint density at radius 2 is 2.04 bits per heavy atom. The molecular weight excluding hydrogens is 328 g/mol. The van der Waals surface area contributed by atoms with Gasteiger partial charge in [0.2, 0.25) is 0 Å². The van der Waals surface area contributed by atoms with E-state index >= 15 is 0 Å². The minimum absolute atomic E-state index is 0.632. The number of benzene rings is 1. The van der Waals surface area contributed by atoms with Crippen LogP contribution in [-0.2, 0) is 6.54 Å². The Hall–Kier alpha value is -1.72. The lowest BCUT2D eigenvalue weighted by molar-refractivity contribution is 0.727. The zero-order valence-corrected chi connectivity index (χ0v) is 14.7. The molecule has 0 saturated heterocycles. The van der Waals surface area contributed by atoms with Crippen LogP contribution in [0.3, 0.4) is 0 Å². The van der Waals surface area contributed by atoms with Crippen molar-refractivity contribution in [3.63, 3.8) is 0 Å². The number of nitrogens with zero attached hydrogens (tertiary/aromatic N) is 3. The fourth-order valence-corrected chi connectivity index (χ4v) is 2.49. The number of anilines is 1. The van der Waals surface area contributed by atoms with Gasteiger partial charge in [0.05, 0.1) is 0 Å². The SMILES string of the molecule is CSC(N)=NCCCN(Cc1ccc(Cl)cc1)c1ccccn1. The summed E-state index contributed by atoms with van der Waals surface area (Å²) >= 11 is 7.43. The van der Waals surface area contributed by atoms with Crippen molar-refractivity contribution in [2.75, 3.05) is 24.2 Å². The lowest BCUT2D eigenvalue weighted by Gasteiger charge is -2.23. The number of nitrogens with two attached hydrogens (primary N) is 1.